The Labute approximate surface area is 133 Å². The maximum Gasteiger partial charge on any atom is 0.338 e. The third kappa shape index (κ3) is 3.04. The van der Waals surface area contributed by atoms with Crippen LogP contribution in [0.1, 0.15) is 30.1 Å². The summed E-state index contributed by atoms with van der Waals surface area (Å²) in [6, 6.07) is 2.50. The lowest BCUT2D eigenvalue weighted by atomic mass is 10.1. The number of nitrogens with zero attached hydrogens (tertiary/aromatic N) is 1. The number of carboxylic acid groups (broad SMARTS) is 1. The first-order chi connectivity index (χ1) is 9.78. The minimum atomic E-state index is -3.81. The summed E-state index contributed by atoms with van der Waals surface area (Å²) in [4.78, 5) is 11.0. The maximum absolute atomic E-state index is 12.6. The highest BCUT2D eigenvalue weighted by molar-refractivity contribution is 7.89. The fourth-order valence-corrected chi connectivity index (χ4v) is 4.84. The van der Waals surface area contributed by atoms with Crippen LogP contribution in [0.25, 0.3) is 0 Å². The van der Waals surface area contributed by atoms with Crippen LogP contribution in [0.2, 0.25) is 10.0 Å². The Balaban J connectivity index is 2.47. The Morgan fingerprint density at radius 2 is 2.10 bits per heavy atom. The van der Waals surface area contributed by atoms with Crippen molar-refractivity contribution in [3.63, 3.8) is 0 Å². The molecule has 0 radical (unpaired) electrons. The van der Waals surface area contributed by atoms with Gasteiger partial charge in [-0.15, -0.1) is 0 Å². The molecule has 1 unspecified atom stereocenters. The molecule has 0 spiro atoms. The molecule has 1 fully saturated rings. The van der Waals surface area contributed by atoms with Gasteiger partial charge in [-0.05, 0) is 24.5 Å². The van der Waals surface area contributed by atoms with Crippen LogP contribution in [0.15, 0.2) is 17.0 Å². The SMILES string of the molecule is CCC1CCN(S(=O)(=O)c2ccc(Cl)c(C(=O)O)c2Cl)C1. The molecule has 0 saturated carbocycles. The van der Waals surface area contributed by atoms with E-state index in [4.69, 9.17) is 28.3 Å². The number of hydrogen-bond donors (Lipinski definition) is 1. The average Bonchev–Trinajstić information content (AvgIpc) is 2.87. The molecule has 1 aromatic carbocycles. The highest BCUT2D eigenvalue weighted by Gasteiger charge is 2.34. The van der Waals surface area contributed by atoms with E-state index in [1.54, 1.807) is 0 Å². The molecule has 1 saturated heterocycles. The molecule has 21 heavy (non-hydrogen) atoms. The lowest BCUT2D eigenvalue weighted by Crippen LogP contribution is -2.29. The zero-order valence-corrected chi connectivity index (χ0v) is 13.7. The van der Waals surface area contributed by atoms with Crippen LogP contribution in [0, 0.1) is 5.92 Å². The first kappa shape index (κ1) is 16.5. The number of halogens is 2. The first-order valence-electron chi connectivity index (χ1n) is 6.50. The van der Waals surface area contributed by atoms with E-state index in [1.807, 2.05) is 6.92 Å². The molecule has 1 N–H and O–H groups in total. The molecule has 0 amide bonds. The van der Waals surface area contributed by atoms with Gasteiger partial charge in [0, 0.05) is 13.1 Å². The highest BCUT2D eigenvalue weighted by atomic mass is 35.5. The molecule has 8 heteroatoms. The average molecular weight is 352 g/mol. The summed E-state index contributed by atoms with van der Waals surface area (Å²) in [5, 5.41) is 8.68. The van der Waals surface area contributed by atoms with E-state index in [2.05, 4.69) is 0 Å². The number of hydrogen-bond acceptors (Lipinski definition) is 3. The molecule has 0 bridgehead atoms. The summed E-state index contributed by atoms with van der Waals surface area (Å²) in [7, 11) is -3.81. The molecule has 0 aliphatic carbocycles. The van der Waals surface area contributed by atoms with Gasteiger partial charge in [0.2, 0.25) is 10.0 Å². The zero-order chi connectivity index (χ0) is 15.8. The lowest BCUT2D eigenvalue weighted by Gasteiger charge is -2.18. The quantitative estimate of drug-likeness (QED) is 0.904. The van der Waals surface area contributed by atoms with Gasteiger partial charge in [0.05, 0.1) is 15.6 Å². The second kappa shape index (κ2) is 6.12. The van der Waals surface area contributed by atoms with Crippen molar-refractivity contribution in [3.8, 4) is 0 Å². The fraction of sp³-hybridized carbons (Fsp3) is 0.462. The van der Waals surface area contributed by atoms with Gasteiger partial charge in [-0.3, -0.25) is 0 Å². The zero-order valence-electron chi connectivity index (χ0n) is 11.3. The van der Waals surface area contributed by atoms with E-state index in [9.17, 15) is 13.2 Å². The molecule has 5 nitrogen and oxygen atoms in total. The smallest absolute Gasteiger partial charge is 0.338 e. The molecule has 1 aliphatic heterocycles. The molecule has 116 valence electrons. The summed E-state index contributed by atoms with van der Waals surface area (Å²) in [6.45, 7) is 2.86. The minimum Gasteiger partial charge on any atom is -0.478 e. The van der Waals surface area contributed by atoms with Gasteiger partial charge in [0.25, 0.3) is 0 Å². The number of carbonyl (C=O) groups is 1. The van der Waals surface area contributed by atoms with Gasteiger partial charge in [-0.25, -0.2) is 13.2 Å². The van der Waals surface area contributed by atoms with E-state index >= 15 is 0 Å². The molecule has 0 aromatic heterocycles. The van der Waals surface area contributed by atoms with Crippen molar-refractivity contribution in [2.45, 2.75) is 24.7 Å². The number of aromatic carboxylic acids is 1. The summed E-state index contributed by atoms with van der Waals surface area (Å²) in [5.41, 5.74) is -0.384. The molecule has 1 atom stereocenters. The standard InChI is InChI=1S/C13H15Cl2NO4S/c1-2-8-5-6-16(7-8)21(19,20)10-4-3-9(14)11(12(10)15)13(17)18/h3-4,8H,2,5-7H2,1H3,(H,17,18). The largest absolute Gasteiger partial charge is 0.478 e. The van der Waals surface area contributed by atoms with Crippen molar-refractivity contribution in [2.24, 2.45) is 5.92 Å². The van der Waals surface area contributed by atoms with Gasteiger partial charge in [0.15, 0.2) is 0 Å². The van der Waals surface area contributed by atoms with E-state index in [0.717, 1.165) is 12.8 Å². The highest BCUT2D eigenvalue weighted by Crippen LogP contribution is 2.34. The molecule has 1 heterocycles. The van der Waals surface area contributed by atoms with Gasteiger partial charge in [0.1, 0.15) is 4.90 Å². The van der Waals surface area contributed by atoms with Crippen LogP contribution in [-0.4, -0.2) is 36.9 Å². The van der Waals surface area contributed by atoms with Crippen LogP contribution in [0.5, 0.6) is 0 Å². The molecule has 1 aliphatic rings. The minimum absolute atomic E-state index is 0.0840. The van der Waals surface area contributed by atoms with E-state index in [1.165, 1.54) is 16.4 Å². The van der Waals surface area contributed by atoms with Crippen molar-refractivity contribution < 1.29 is 18.3 Å². The van der Waals surface area contributed by atoms with Gasteiger partial charge in [-0.2, -0.15) is 4.31 Å². The molecular weight excluding hydrogens is 337 g/mol. The fourth-order valence-electron chi connectivity index (χ4n) is 2.42. The number of rotatable bonds is 4. The van der Waals surface area contributed by atoms with Crippen LogP contribution in [0.4, 0.5) is 0 Å². The lowest BCUT2D eigenvalue weighted by molar-refractivity contribution is 0.0697. The third-order valence-electron chi connectivity index (χ3n) is 3.71. The Morgan fingerprint density at radius 3 is 2.62 bits per heavy atom. The van der Waals surface area contributed by atoms with Crippen LogP contribution >= 0.6 is 23.2 Å². The molecule has 2 rings (SSSR count). The van der Waals surface area contributed by atoms with Crippen molar-refractivity contribution in [3.05, 3.63) is 27.7 Å². The van der Waals surface area contributed by atoms with E-state index < -0.39 is 16.0 Å². The maximum atomic E-state index is 12.6. The van der Waals surface area contributed by atoms with Crippen molar-refractivity contribution in [1.82, 2.24) is 4.31 Å². The van der Waals surface area contributed by atoms with Crippen molar-refractivity contribution in [2.75, 3.05) is 13.1 Å². The van der Waals surface area contributed by atoms with Crippen molar-refractivity contribution in [1.29, 1.82) is 0 Å². The summed E-state index contributed by atoms with van der Waals surface area (Å²) < 4.78 is 26.6. The van der Waals surface area contributed by atoms with Crippen molar-refractivity contribution >= 4 is 39.2 Å². The monoisotopic (exact) mass is 351 g/mol. The number of benzene rings is 1. The first-order valence-corrected chi connectivity index (χ1v) is 8.70. The van der Waals surface area contributed by atoms with E-state index in [0.29, 0.717) is 19.0 Å². The molecule has 1 aromatic rings. The van der Waals surface area contributed by atoms with Gasteiger partial charge >= 0.3 is 5.97 Å². The van der Waals surface area contributed by atoms with Crippen LogP contribution < -0.4 is 0 Å². The number of carboxylic acids is 1. The number of sulfonamides is 1. The molecular formula is C13H15Cl2NO4S. The second-order valence-corrected chi connectivity index (χ2v) is 7.66. The van der Waals surface area contributed by atoms with Gasteiger partial charge in [-0.1, -0.05) is 36.5 Å². The van der Waals surface area contributed by atoms with Crippen LogP contribution in [-0.2, 0) is 10.0 Å². The second-order valence-electron chi connectivity index (χ2n) is 4.97. The summed E-state index contributed by atoms with van der Waals surface area (Å²) in [5.74, 6) is -1.03. The topological polar surface area (TPSA) is 74.7 Å². The predicted molar refractivity (Wildman–Crippen MR) is 80.6 cm³/mol. The predicted octanol–water partition coefficient (Wildman–Crippen LogP) is 3.11. The Morgan fingerprint density at radius 1 is 1.43 bits per heavy atom. The van der Waals surface area contributed by atoms with Gasteiger partial charge < -0.3 is 5.11 Å². The van der Waals surface area contributed by atoms with Crippen LogP contribution in [0.3, 0.4) is 0 Å². The third-order valence-corrected chi connectivity index (χ3v) is 6.44. The van der Waals surface area contributed by atoms with E-state index in [-0.39, 0.29) is 20.5 Å². The normalized spacial score (nSPS) is 19.9. The summed E-state index contributed by atoms with van der Waals surface area (Å²) >= 11 is 11.7. The Kier molecular flexibility index (Phi) is 4.82. The summed E-state index contributed by atoms with van der Waals surface area (Å²) in [6.07, 6.45) is 1.70. The Hall–Kier alpha value is -0.820. The Bertz CT molecular complexity index is 675.